The third kappa shape index (κ3) is 3.98. The van der Waals surface area contributed by atoms with E-state index in [1.54, 1.807) is 6.20 Å². The molecule has 2 aliphatic heterocycles. The van der Waals surface area contributed by atoms with Gasteiger partial charge in [0.25, 0.3) is 0 Å². The van der Waals surface area contributed by atoms with Crippen LogP contribution in [0.25, 0.3) is 0 Å². The highest BCUT2D eigenvalue weighted by Gasteiger charge is 2.39. The number of nitrogens with zero attached hydrogens (tertiary/aromatic N) is 2. The topological polar surface area (TPSA) is 80.8 Å². The Morgan fingerprint density at radius 2 is 2.30 bits per heavy atom. The summed E-state index contributed by atoms with van der Waals surface area (Å²) in [5, 5.41) is 2.86. The first-order valence-electron chi connectivity index (χ1n) is 7.93. The number of carbonyl (C=O) groups excluding carboxylic acids is 2. The van der Waals surface area contributed by atoms with Crippen molar-refractivity contribution < 1.29 is 19.1 Å². The van der Waals surface area contributed by atoms with Gasteiger partial charge in [-0.05, 0) is 18.6 Å². The molecule has 1 aromatic rings. The lowest BCUT2D eigenvalue weighted by atomic mass is 10.1. The van der Waals surface area contributed by atoms with E-state index in [1.807, 2.05) is 18.2 Å². The number of carbonyl (C=O) groups is 2. The Kier molecular flexibility index (Phi) is 5.07. The maximum absolute atomic E-state index is 12.3. The maximum Gasteiger partial charge on any atom is 0.410 e. The van der Waals surface area contributed by atoms with Crippen LogP contribution in [0, 0.1) is 5.92 Å². The van der Waals surface area contributed by atoms with Crippen molar-refractivity contribution in [2.75, 3.05) is 32.9 Å². The third-order valence-corrected chi connectivity index (χ3v) is 4.16. The minimum atomic E-state index is -0.549. The number of hydrogen-bond acceptors (Lipinski definition) is 5. The largest absolute Gasteiger partial charge is 0.447 e. The molecule has 0 spiro atoms. The highest BCUT2D eigenvalue weighted by atomic mass is 16.6. The lowest BCUT2D eigenvalue weighted by Gasteiger charge is -2.23. The summed E-state index contributed by atoms with van der Waals surface area (Å²) in [6.07, 6.45) is 2.88. The van der Waals surface area contributed by atoms with E-state index in [-0.39, 0.29) is 18.4 Å². The van der Waals surface area contributed by atoms with Gasteiger partial charge < -0.3 is 14.8 Å². The number of pyridine rings is 1. The smallest absolute Gasteiger partial charge is 0.410 e. The summed E-state index contributed by atoms with van der Waals surface area (Å²) in [6, 6.07) is 5.14. The van der Waals surface area contributed by atoms with Crippen LogP contribution < -0.4 is 5.32 Å². The van der Waals surface area contributed by atoms with Crippen LogP contribution in [0.5, 0.6) is 0 Å². The van der Waals surface area contributed by atoms with Gasteiger partial charge >= 0.3 is 6.09 Å². The van der Waals surface area contributed by atoms with Gasteiger partial charge in [-0.1, -0.05) is 6.07 Å². The molecule has 0 aromatic carbocycles. The summed E-state index contributed by atoms with van der Waals surface area (Å²) in [7, 11) is 0. The van der Waals surface area contributed by atoms with E-state index in [9.17, 15) is 9.59 Å². The van der Waals surface area contributed by atoms with Crippen LogP contribution in [-0.4, -0.2) is 60.8 Å². The molecule has 2 amide bonds. The van der Waals surface area contributed by atoms with Crippen molar-refractivity contribution in [2.24, 2.45) is 5.92 Å². The molecular formula is C16H21N3O4. The Hall–Kier alpha value is -2.15. The fourth-order valence-corrected chi connectivity index (χ4v) is 2.85. The van der Waals surface area contributed by atoms with E-state index in [2.05, 4.69) is 10.3 Å². The average molecular weight is 319 g/mol. The van der Waals surface area contributed by atoms with Crippen LogP contribution in [0.2, 0.25) is 0 Å². The number of ether oxygens (including phenoxy) is 2. The normalized spacial score (nSPS) is 23.8. The summed E-state index contributed by atoms with van der Waals surface area (Å²) in [6.45, 7) is 2.46. The maximum atomic E-state index is 12.3. The van der Waals surface area contributed by atoms with E-state index in [0.29, 0.717) is 32.7 Å². The molecule has 2 fully saturated rings. The van der Waals surface area contributed by atoms with Gasteiger partial charge in [-0.2, -0.15) is 0 Å². The predicted molar refractivity (Wildman–Crippen MR) is 81.7 cm³/mol. The Labute approximate surface area is 135 Å². The molecular weight excluding hydrogens is 298 g/mol. The molecule has 2 atom stereocenters. The molecule has 3 rings (SSSR count). The Balaban J connectivity index is 1.49. The molecule has 0 aliphatic carbocycles. The zero-order valence-electron chi connectivity index (χ0n) is 12.9. The molecule has 124 valence electrons. The van der Waals surface area contributed by atoms with Crippen molar-refractivity contribution in [1.82, 2.24) is 15.2 Å². The van der Waals surface area contributed by atoms with Crippen LogP contribution in [0.15, 0.2) is 24.4 Å². The SMILES string of the molecule is O=C(NCCc1ccccn1)[C@@H]1COC(=O)N1CC1CCOC1. The summed E-state index contributed by atoms with van der Waals surface area (Å²) >= 11 is 0. The second-order valence-corrected chi connectivity index (χ2v) is 5.84. The zero-order valence-corrected chi connectivity index (χ0v) is 12.9. The minimum Gasteiger partial charge on any atom is -0.447 e. The van der Waals surface area contributed by atoms with Gasteiger partial charge in [0.05, 0.1) is 6.61 Å². The monoisotopic (exact) mass is 319 g/mol. The summed E-state index contributed by atoms with van der Waals surface area (Å²) in [5.74, 6) is 0.107. The van der Waals surface area contributed by atoms with Crippen LogP contribution in [-0.2, 0) is 20.7 Å². The molecule has 23 heavy (non-hydrogen) atoms. The van der Waals surface area contributed by atoms with E-state index in [4.69, 9.17) is 9.47 Å². The van der Waals surface area contributed by atoms with E-state index in [1.165, 1.54) is 4.90 Å². The molecule has 2 saturated heterocycles. The molecule has 7 heteroatoms. The van der Waals surface area contributed by atoms with Gasteiger partial charge in [0, 0.05) is 43.9 Å². The zero-order chi connectivity index (χ0) is 16.1. The van der Waals surface area contributed by atoms with Crippen molar-refractivity contribution in [2.45, 2.75) is 18.9 Å². The highest BCUT2D eigenvalue weighted by molar-refractivity contribution is 5.87. The first-order valence-corrected chi connectivity index (χ1v) is 7.93. The van der Waals surface area contributed by atoms with E-state index in [0.717, 1.165) is 12.1 Å². The van der Waals surface area contributed by atoms with Crippen molar-refractivity contribution in [1.29, 1.82) is 0 Å². The van der Waals surface area contributed by atoms with Gasteiger partial charge in [-0.25, -0.2) is 4.79 Å². The van der Waals surface area contributed by atoms with E-state index < -0.39 is 12.1 Å². The van der Waals surface area contributed by atoms with Gasteiger partial charge in [-0.15, -0.1) is 0 Å². The summed E-state index contributed by atoms with van der Waals surface area (Å²) < 4.78 is 10.4. The highest BCUT2D eigenvalue weighted by Crippen LogP contribution is 2.20. The fraction of sp³-hybridized carbons (Fsp3) is 0.562. The molecule has 2 aliphatic rings. The number of rotatable bonds is 6. The first kappa shape index (κ1) is 15.7. The van der Waals surface area contributed by atoms with Gasteiger partial charge in [0.1, 0.15) is 12.6 Å². The molecule has 0 radical (unpaired) electrons. The van der Waals surface area contributed by atoms with Crippen LogP contribution in [0.3, 0.4) is 0 Å². The molecule has 3 heterocycles. The average Bonchev–Trinajstić information content (AvgIpc) is 3.20. The summed E-state index contributed by atoms with van der Waals surface area (Å²) in [4.78, 5) is 29.9. The third-order valence-electron chi connectivity index (χ3n) is 4.16. The molecule has 1 N–H and O–H groups in total. The number of cyclic esters (lactones) is 1. The fourth-order valence-electron chi connectivity index (χ4n) is 2.85. The molecule has 1 aromatic heterocycles. The van der Waals surface area contributed by atoms with Crippen molar-refractivity contribution in [3.8, 4) is 0 Å². The lowest BCUT2D eigenvalue weighted by molar-refractivity contribution is -0.124. The Morgan fingerprint density at radius 1 is 1.39 bits per heavy atom. The first-order chi connectivity index (χ1) is 11.2. The Morgan fingerprint density at radius 3 is 3.04 bits per heavy atom. The van der Waals surface area contributed by atoms with Gasteiger partial charge in [0.15, 0.2) is 0 Å². The molecule has 7 nitrogen and oxygen atoms in total. The van der Waals surface area contributed by atoms with Crippen LogP contribution in [0.1, 0.15) is 12.1 Å². The molecule has 1 unspecified atom stereocenters. The standard InChI is InChI=1S/C16H21N3O4/c20-15(18-7-4-13-3-1-2-6-17-13)14-11-23-16(21)19(14)9-12-5-8-22-10-12/h1-3,6,12,14H,4-5,7-11H2,(H,18,20)/t12?,14-/m0/s1. The number of nitrogens with one attached hydrogen (secondary N) is 1. The quantitative estimate of drug-likeness (QED) is 0.830. The lowest BCUT2D eigenvalue weighted by Crippen LogP contribution is -2.47. The number of amides is 2. The van der Waals surface area contributed by atoms with Crippen LogP contribution >= 0.6 is 0 Å². The Bertz CT molecular complexity index is 546. The summed E-state index contributed by atoms with van der Waals surface area (Å²) in [5.41, 5.74) is 0.923. The molecule has 0 bridgehead atoms. The van der Waals surface area contributed by atoms with E-state index >= 15 is 0 Å². The van der Waals surface area contributed by atoms with Crippen molar-refractivity contribution >= 4 is 12.0 Å². The number of hydrogen-bond donors (Lipinski definition) is 1. The molecule has 0 saturated carbocycles. The van der Waals surface area contributed by atoms with Gasteiger partial charge in [0.2, 0.25) is 5.91 Å². The number of aromatic nitrogens is 1. The van der Waals surface area contributed by atoms with Crippen LogP contribution in [0.4, 0.5) is 4.79 Å². The minimum absolute atomic E-state index is 0.113. The second-order valence-electron chi connectivity index (χ2n) is 5.84. The second kappa shape index (κ2) is 7.41. The van der Waals surface area contributed by atoms with Crippen molar-refractivity contribution in [3.63, 3.8) is 0 Å². The predicted octanol–water partition coefficient (Wildman–Crippen LogP) is 0.598. The van der Waals surface area contributed by atoms with Crippen molar-refractivity contribution in [3.05, 3.63) is 30.1 Å². The van der Waals surface area contributed by atoms with Gasteiger partial charge in [-0.3, -0.25) is 14.7 Å².